The summed E-state index contributed by atoms with van der Waals surface area (Å²) in [7, 11) is 3.12. The van der Waals surface area contributed by atoms with Crippen molar-refractivity contribution in [2.75, 3.05) is 14.2 Å². The summed E-state index contributed by atoms with van der Waals surface area (Å²) in [5, 5.41) is 0. The van der Waals surface area contributed by atoms with Gasteiger partial charge in [-0.15, -0.1) is 11.3 Å². The SMILES string of the molecule is COc1ccc(C(=O)Cc2cncs2)c(OC)c1. The number of Topliss-reactive ketones (excluding diaryl/α,β-unsaturated/α-hetero) is 1. The molecule has 0 bridgehead atoms. The molecule has 2 rings (SSSR count). The molecule has 94 valence electrons. The Bertz CT molecular complexity index is 537. The zero-order valence-electron chi connectivity index (χ0n) is 10.2. The van der Waals surface area contributed by atoms with Crippen molar-refractivity contribution in [2.45, 2.75) is 6.42 Å². The van der Waals surface area contributed by atoms with E-state index in [1.54, 1.807) is 37.0 Å². The highest BCUT2D eigenvalue weighted by Gasteiger charge is 2.14. The first-order chi connectivity index (χ1) is 8.74. The van der Waals surface area contributed by atoms with Crippen molar-refractivity contribution in [2.24, 2.45) is 0 Å². The van der Waals surface area contributed by atoms with Gasteiger partial charge in [0.15, 0.2) is 5.78 Å². The van der Waals surface area contributed by atoms with E-state index in [2.05, 4.69) is 4.98 Å². The maximum atomic E-state index is 12.1. The van der Waals surface area contributed by atoms with E-state index >= 15 is 0 Å². The summed E-state index contributed by atoms with van der Waals surface area (Å²) >= 11 is 1.47. The maximum absolute atomic E-state index is 12.1. The molecule has 0 fully saturated rings. The van der Waals surface area contributed by atoms with E-state index < -0.39 is 0 Å². The van der Waals surface area contributed by atoms with Crippen LogP contribution < -0.4 is 9.47 Å². The van der Waals surface area contributed by atoms with Gasteiger partial charge in [-0.25, -0.2) is 0 Å². The van der Waals surface area contributed by atoms with Gasteiger partial charge in [-0.05, 0) is 12.1 Å². The second kappa shape index (κ2) is 5.64. The van der Waals surface area contributed by atoms with Gasteiger partial charge in [0.2, 0.25) is 0 Å². The van der Waals surface area contributed by atoms with Gasteiger partial charge in [0, 0.05) is 23.6 Å². The number of thiazole rings is 1. The predicted molar refractivity (Wildman–Crippen MR) is 69.7 cm³/mol. The predicted octanol–water partition coefficient (Wildman–Crippen LogP) is 2.59. The normalized spacial score (nSPS) is 10.1. The molecule has 1 heterocycles. The van der Waals surface area contributed by atoms with Crippen LogP contribution in [-0.4, -0.2) is 25.0 Å². The number of benzene rings is 1. The van der Waals surface area contributed by atoms with Crippen LogP contribution in [0.15, 0.2) is 29.9 Å². The van der Waals surface area contributed by atoms with Crippen molar-refractivity contribution < 1.29 is 14.3 Å². The van der Waals surface area contributed by atoms with Gasteiger partial charge < -0.3 is 9.47 Å². The summed E-state index contributed by atoms with van der Waals surface area (Å²) in [4.78, 5) is 17.0. The molecule has 0 aliphatic heterocycles. The minimum Gasteiger partial charge on any atom is -0.497 e. The fourth-order valence-corrected chi connectivity index (χ4v) is 2.21. The van der Waals surface area contributed by atoms with Crippen molar-refractivity contribution in [3.8, 4) is 11.5 Å². The summed E-state index contributed by atoms with van der Waals surface area (Å²) in [5.74, 6) is 1.21. The van der Waals surface area contributed by atoms with Gasteiger partial charge in [0.05, 0.1) is 25.3 Å². The van der Waals surface area contributed by atoms with Gasteiger partial charge in [0.25, 0.3) is 0 Å². The number of hydrogen-bond acceptors (Lipinski definition) is 5. The van der Waals surface area contributed by atoms with Gasteiger partial charge in [-0.1, -0.05) is 0 Å². The Balaban J connectivity index is 2.24. The second-order valence-corrected chi connectivity index (χ2v) is 4.60. The number of ketones is 1. The Morgan fingerprint density at radius 1 is 1.33 bits per heavy atom. The lowest BCUT2D eigenvalue weighted by Gasteiger charge is -2.09. The number of methoxy groups -OCH3 is 2. The monoisotopic (exact) mass is 263 g/mol. The van der Waals surface area contributed by atoms with Crippen molar-refractivity contribution >= 4 is 17.1 Å². The highest BCUT2D eigenvalue weighted by atomic mass is 32.1. The van der Waals surface area contributed by atoms with Crippen LogP contribution in [0.25, 0.3) is 0 Å². The zero-order valence-corrected chi connectivity index (χ0v) is 11.0. The minimum atomic E-state index is 0.0127. The second-order valence-electron chi connectivity index (χ2n) is 3.63. The lowest BCUT2D eigenvalue weighted by Crippen LogP contribution is -2.05. The standard InChI is InChI=1S/C13H13NO3S/c1-16-9-3-4-11(13(5-9)17-2)12(15)6-10-7-14-8-18-10/h3-5,7-8H,6H2,1-2H3. The summed E-state index contributed by atoms with van der Waals surface area (Å²) < 4.78 is 10.3. The van der Waals surface area contributed by atoms with E-state index in [-0.39, 0.29) is 5.78 Å². The number of rotatable bonds is 5. The molecule has 0 N–H and O–H groups in total. The van der Waals surface area contributed by atoms with Crippen LogP contribution >= 0.6 is 11.3 Å². The van der Waals surface area contributed by atoms with Crippen LogP contribution in [0.4, 0.5) is 0 Å². The van der Waals surface area contributed by atoms with Crippen molar-refractivity contribution in [3.63, 3.8) is 0 Å². The first-order valence-electron chi connectivity index (χ1n) is 5.37. The molecule has 0 amide bonds. The Morgan fingerprint density at radius 3 is 2.78 bits per heavy atom. The molecule has 0 unspecified atom stereocenters. The Morgan fingerprint density at radius 2 is 2.17 bits per heavy atom. The third-order valence-corrected chi connectivity index (χ3v) is 3.31. The van der Waals surface area contributed by atoms with E-state index in [1.165, 1.54) is 18.4 Å². The maximum Gasteiger partial charge on any atom is 0.171 e. The van der Waals surface area contributed by atoms with E-state index in [4.69, 9.17) is 9.47 Å². The van der Waals surface area contributed by atoms with Crippen LogP contribution in [0.2, 0.25) is 0 Å². The van der Waals surface area contributed by atoms with E-state index in [1.807, 2.05) is 0 Å². The molecule has 0 atom stereocenters. The smallest absolute Gasteiger partial charge is 0.171 e. The molecular weight excluding hydrogens is 250 g/mol. The van der Waals surface area contributed by atoms with Gasteiger partial charge in [0.1, 0.15) is 11.5 Å². The number of aromatic nitrogens is 1. The van der Waals surface area contributed by atoms with Crippen molar-refractivity contribution in [3.05, 3.63) is 40.3 Å². The van der Waals surface area contributed by atoms with Gasteiger partial charge >= 0.3 is 0 Å². The minimum absolute atomic E-state index is 0.0127. The third kappa shape index (κ3) is 2.68. The number of ether oxygens (including phenoxy) is 2. The van der Waals surface area contributed by atoms with Crippen LogP contribution in [0.3, 0.4) is 0 Å². The summed E-state index contributed by atoms with van der Waals surface area (Å²) in [5.41, 5.74) is 2.28. The molecule has 0 aliphatic rings. The van der Waals surface area contributed by atoms with Crippen LogP contribution in [0.5, 0.6) is 11.5 Å². The molecule has 2 aromatic rings. The number of hydrogen-bond donors (Lipinski definition) is 0. The fourth-order valence-electron chi connectivity index (χ4n) is 1.61. The Hall–Kier alpha value is -1.88. The van der Waals surface area contributed by atoms with Crippen LogP contribution in [-0.2, 0) is 6.42 Å². The molecule has 5 heteroatoms. The molecular formula is C13H13NO3S. The largest absolute Gasteiger partial charge is 0.497 e. The number of carbonyl (C=O) groups is 1. The van der Waals surface area contributed by atoms with Crippen molar-refractivity contribution in [1.82, 2.24) is 4.98 Å². The average Bonchev–Trinajstić information content (AvgIpc) is 2.90. The number of carbonyl (C=O) groups excluding carboxylic acids is 1. The highest BCUT2D eigenvalue weighted by Crippen LogP contribution is 2.26. The van der Waals surface area contributed by atoms with Gasteiger partial charge in [-0.3, -0.25) is 9.78 Å². The van der Waals surface area contributed by atoms with Gasteiger partial charge in [-0.2, -0.15) is 0 Å². The van der Waals surface area contributed by atoms with Crippen LogP contribution in [0, 0.1) is 0 Å². The Labute approximate surface area is 109 Å². The molecule has 0 aliphatic carbocycles. The van der Waals surface area contributed by atoms with Crippen molar-refractivity contribution in [1.29, 1.82) is 0 Å². The fraction of sp³-hybridized carbons (Fsp3) is 0.231. The Kier molecular flexibility index (Phi) is 3.94. The van der Waals surface area contributed by atoms with E-state index in [0.717, 1.165) is 4.88 Å². The summed E-state index contributed by atoms with van der Waals surface area (Å²) in [6.07, 6.45) is 2.05. The zero-order chi connectivity index (χ0) is 13.0. The molecule has 18 heavy (non-hydrogen) atoms. The quantitative estimate of drug-likeness (QED) is 0.778. The summed E-state index contributed by atoms with van der Waals surface area (Å²) in [6.45, 7) is 0. The van der Waals surface area contributed by atoms with Crippen LogP contribution in [0.1, 0.15) is 15.2 Å². The number of nitrogens with zero attached hydrogens (tertiary/aromatic N) is 1. The topological polar surface area (TPSA) is 48.4 Å². The molecule has 0 saturated heterocycles. The summed E-state index contributed by atoms with van der Waals surface area (Å²) in [6, 6.07) is 5.18. The molecule has 0 spiro atoms. The lowest BCUT2D eigenvalue weighted by molar-refractivity contribution is 0.0991. The third-order valence-electron chi connectivity index (χ3n) is 2.53. The molecule has 0 saturated carbocycles. The van der Waals surface area contributed by atoms with E-state index in [9.17, 15) is 4.79 Å². The average molecular weight is 263 g/mol. The van der Waals surface area contributed by atoms with E-state index in [0.29, 0.717) is 23.5 Å². The first kappa shape index (κ1) is 12.6. The molecule has 1 aromatic heterocycles. The molecule has 4 nitrogen and oxygen atoms in total. The molecule has 0 radical (unpaired) electrons. The highest BCUT2D eigenvalue weighted by molar-refractivity contribution is 7.09. The molecule has 1 aromatic carbocycles. The lowest BCUT2D eigenvalue weighted by atomic mass is 10.1. The first-order valence-corrected chi connectivity index (χ1v) is 6.25.